The molecule has 0 aliphatic carbocycles. The summed E-state index contributed by atoms with van der Waals surface area (Å²) >= 11 is 1.63. The van der Waals surface area contributed by atoms with Crippen LogP contribution in [0.1, 0.15) is 22.3 Å². The number of benzene rings is 3. The maximum Gasteiger partial charge on any atom is 0.241 e. The number of rotatable bonds is 7. The largest absolute Gasteiger partial charge is 0.341 e. The maximum absolute atomic E-state index is 12.8. The molecule has 1 aromatic heterocycles. The summed E-state index contributed by atoms with van der Waals surface area (Å²) in [7, 11) is 0. The van der Waals surface area contributed by atoms with E-state index in [1.807, 2.05) is 66.7 Å². The lowest BCUT2D eigenvalue weighted by Gasteiger charge is -2.45. The van der Waals surface area contributed by atoms with Gasteiger partial charge in [-0.1, -0.05) is 103 Å². The van der Waals surface area contributed by atoms with Gasteiger partial charge in [-0.3, -0.25) is 15.1 Å². The number of thioether (sulfide) groups is 1. The monoisotopic (exact) mass is 475 g/mol. The molecule has 172 valence electrons. The fourth-order valence-electron chi connectivity index (χ4n) is 4.39. The van der Waals surface area contributed by atoms with E-state index in [1.165, 1.54) is 0 Å². The van der Waals surface area contributed by atoms with E-state index in [0.29, 0.717) is 5.75 Å². The molecule has 4 nitrogen and oxygen atoms in total. The van der Waals surface area contributed by atoms with Crippen LogP contribution in [0.5, 0.6) is 0 Å². The van der Waals surface area contributed by atoms with Gasteiger partial charge in [-0.2, -0.15) is 0 Å². The first-order chi connectivity index (χ1) is 17.3. The van der Waals surface area contributed by atoms with E-state index in [9.17, 15) is 4.79 Å². The van der Waals surface area contributed by atoms with Gasteiger partial charge in [-0.15, -0.1) is 11.8 Å². The smallest absolute Gasteiger partial charge is 0.241 e. The number of β-lactam (4-membered cyclic amide) rings is 1. The van der Waals surface area contributed by atoms with E-state index in [0.717, 1.165) is 22.3 Å². The van der Waals surface area contributed by atoms with Crippen molar-refractivity contribution >= 4 is 17.7 Å². The number of carbonyl (C=O) groups is 1. The summed E-state index contributed by atoms with van der Waals surface area (Å²) in [5, 5.41) is 6.75. The Morgan fingerprint density at radius 3 is 1.89 bits per heavy atom. The van der Waals surface area contributed by atoms with Crippen molar-refractivity contribution in [3.63, 3.8) is 0 Å². The Labute approximate surface area is 210 Å². The van der Waals surface area contributed by atoms with Crippen LogP contribution >= 0.6 is 11.8 Å². The molecule has 1 amide bonds. The van der Waals surface area contributed by atoms with Crippen LogP contribution in [0.4, 0.5) is 0 Å². The van der Waals surface area contributed by atoms with Crippen LogP contribution in [0.15, 0.2) is 116 Å². The molecule has 3 aromatic carbocycles. The molecule has 2 unspecified atom stereocenters. The number of aromatic nitrogens is 1. The quantitative estimate of drug-likeness (QED) is 0.234. The van der Waals surface area contributed by atoms with E-state index in [1.54, 1.807) is 24.2 Å². The maximum atomic E-state index is 12.8. The number of nitrogens with zero attached hydrogens (tertiary/aromatic N) is 1. The third kappa shape index (κ3) is 4.85. The zero-order chi connectivity index (χ0) is 23.9. The Kier molecular flexibility index (Phi) is 6.94. The second-order valence-electron chi connectivity index (χ2n) is 8.25. The van der Waals surface area contributed by atoms with E-state index in [2.05, 4.69) is 63.9 Å². The Balaban J connectivity index is 1.47. The van der Waals surface area contributed by atoms with Gasteiger partial charge in [-0.05, 0) is 28.8 Å². The lowest BCUT2D eigenvalue weighted by atomic mass is 9.76. The highest BCUT2D eigenvalue weighted by atomic mass is 32.2. The van der Waals surface area contributed by atoms with Gasteiger partial charge < -0.3 is 5.32 Å². The zero-order valence-corrected chi connectivity index (χ0v) is 19.9. The number of hydrogen-bond acceptors (Lipinski definition) is 4. The number of pyridine rings is 1. The van der Waals surface area contributed by atoms with E-state index in [4.69, 9.17) is 0 Å². The van der Waals surface area contributed by atoms with Crippen molar-refractivity contribution in [1.82, 2.24) is 15.6 Å². The van der Waals surface area contributed by atoms with Crippen LogP contribution in [-0.2, 0) is 10.3 Å². The molecular formula is C30H25N3OS. The molecule has 2 heterocycles. The van der Waals surface area contributed by atoms with Gasteiger partial charge in [0.1, 0.15) is 11.4 Å². The fourth-order valence-corrected chi connectivity index (χ4v) is 5.31. The second-order valence-corrected chi connectivity index (χ2v) is 9.38. The molecule has 5 rings (SSSR count). The number of carbonyl (C=O) groups excluding carboxylic acids is 1. The molecule has 1 aliphatic rings. The summed E-state index contributed by atoms with van der Waals surface area (Å²) in [6, 6.07) is 34.4. The Morgan fingerprint density at radius 2 is 1.40 bits per heavy atom. The minimum atomic E-state index is -0.688. The second kappa shape index (κ2) is 10.6. The van der Waals surface area contributed by atoms with Gasteiger partial charge in [0.25, 0.3) is 0 Å². The van der Waals surface area contributed by atoms with E-state index >= 15 is 0 Å². The van der Waals surface area contributed by atoms with Crippen LogP contribution in [-0.4, -0.2) is 28.1 Å². The van der Waals surface area contributed by atoms with Crippen molar-refractivity contribution in [3.8, 4) is 11.8 Å². The van der Waals surface area contributed by atoms with Crippen LogP contribution in [0.3, 0.4) is 0 Å². The van der Waals surface area contributed by atoms with Gasteiger partial charge in [0.15, 0.2) is 0 Å². The van der Waals surface area contributed by atoms with Gasteiger partial charge in [0.2, 0.25) is 5.91 Å². The Hall–Kier alpha value is -3.85. The molecule has 1 aliphatic heterocycles. The summed E-state index contributed by atoms with van der Waals surface area (Å²) < 4.78 is 0. The summed E-state index contributed by atoms with van der Waals surface area (Å²) in [6.07, 6.45) is 3.49. The van der Waals surface area contributed by atoms with Crippen molar-refractivity contribution in [2.75, 3.05) is 5.75 Å². The molecule has 0 spiro atoms. The summed E-state index contributed by atoms with van der Waals surface area (Å²) in [5.41, 5.74) is 3.44. The highest BCUT2D eigenvalue weighted by Crippen LogP contribution is 2.38. The van der Waals surface area contributed by atoms with Crippen LogP contribution in [0.25, 0.3) is 0 Å². The zero-order valence-electron chi connectivity index (χ0n) is 19.1. The van der Waals surface area contributed by atoms with Gasteiger partial charge in [0.05, 0.1) is 11.3 Å². The average molecular weight is 476 g/mol. The predicted octanol–water partition coefficient (Wildman–Crippen LogP) is 4.57. The molecule has 0 saturated carbocycles. The van der Waals surface area contributed by atoms with Gasteiger partial charge >= 0.3 is 0 Å². The van der Waals surface area contributed by atoms with Crippen molar-refractivity contribution in [3.05, 3.63) is 138 Å². The molecule has 0 bridgehead atoms. The molecule has 1 saturated heterocycles. The van der Waals surface area contributed by atoms with Crippen molar-refractivity contribution in [2.45, 2.75) is 17.0 Å². The van der Waals surface area contributed by atoms with Gasteiger partial charge in [-0.25, -0.2) is 0 Å². The van der Waals surface area contributed by atoms with Gasteiger partial charge in [0, 0.05) is 18.0 Å². The molecule has 2 atom stereocenters. The molecule has 5 heteroatoms. The lowest BCUT2D eigenvalue weighted by Crippen LogP contribution is -2.70. The third-order valence-electron chi connectivity index (χ3n) is 6.09. The predicted molar refractivity (Wildman–Crippen MR) is 142 cm³/mol. The molecule has 35 heavy (non-hydrogen) atoms. The number of nitrogens with one attached hydrogen (secondary N) is 2. The normalized spacial score (nSPS) is 17.0. The summed E-state index contributed by atoms with van der Waals surface area (Å²) in [5.74, 6) is 6.92. The molecule has 2 N–H and O–H groups in total. The van der Waals surface area contributed by atoms with Crippen molar-refractivity contribution < 1.29 is 4.79 Å². The van der Waals surface area contributed by atoms with Crippen LogP contribution in [0.2, 0.25) is 0 Å². The highest BCUT2D eigenvalue weighted by molar-refractivity contribution is 8.00. The first-order valence-electron chi connectivity index (χ1n) is 11.5. The molecule has 1 fully saturated rings. The van der Waals surface area contributed by atoms with Crippen molar-refractivity contribution in [1.29, 1.82) is 0 Å². The van der Waals surface area contributed by atoms with E-state index in [-0.39, 0.29) is 17.3 Å². The number of hydrogen-bond donors (Lipinski definition) is 2. The molecule has 4 aromatic rings. The topological polar surface area (TPSA) is 54.0 Å². The third-order valence-corrected chi connectivity index (χ3v) is 7.15. The summed E-state index contributed by atoms with van der Waals surface area (Å²) in [6.45, 7) is 0. The molecule has 0 radical (unpaired) electrons. The first kappa shape index (κ1) is 22.9. The van der Waals surface area contributed by atoms with Crippen LogP contribution in [0, 0.1) is 11.8 Å². The Bertz CT molecular complexity index is 1220. The van der Waals surface area contributed by atoms with Crippen LogP contribution < -0.4 is 10.6 Å². The standard InChI is InChI=1S/C30H25N3OS/c34-28-27(29(32-28)35-21-11-13-23-12-10-20-31-22-23)33-30(24-14-4-1-5-15-24,25-16-6-2-7-17-25)26-18-8-3-9-19-26/h1-10,12,14-20,22,27,29,33H,21H2,(H,32,34). The highest BCUT2D eigenvalue weighted by Gasteiger charge is 2.47. The first-order valence-corrected chi connectivity index (χ1v) is 12.6. The SMILES string of the molecule is O=C1NC(SCC#Cc2cccnc2)C1NC(c1ccccc1)(c1ccccc1)c1ccccc1. The Morgan fingerprint density at radius 1 is 0.829 bits per heavy atom. The van der Waals surface area contributed by atoms with E-state index < -0.39 is 5.54 Å². The minimum absolute atomic E-state index is 0.00473. The number of amides is 1. The molecular weight excluding hydrogens is 450 g/mol. The lowest BCUT2D eigenvalue weighted by molar-refractivity contribution is -0.129. The van der Waals surface area contributed by atoms with Crippen molar-refractivity contribution in [2.24, 2.45) is 0 Å². The fraction of sp³-hybridized carbons (Fsp3) is 0.133. The minimum Gasteiger partial charge on any atom is -0.341 e. The average Bonchev–Trinajstić information content (AvgIpc) is 2.93. The summed E-state index contributed by atoms with van der Waals surface area (Å²) in [4.78, 5) is 16.9.